The minimum atomic E-state index is -0.128. The van der Waals surface area contributed by atoms with Gasteiger partial charge in [0.15, 0.2) is 0 Å². The molecule has 4 aliphatic carbocycles. The van der Waals surface area contributed by atoms with E-state index >= 15 is 0 Å². The van der Waals surface area contributed by atoms with Crippen molar-refractivity contribution in [2.24, 2.45) is 34.5 Å². The molecular weight excluding hydrogens is 368 g/mol. The van der Waals surface area contributed by atoms with Gasteiger partial charge in [-0.2, -0.15) is 0 Å². The van der Waals surface area contributed by atoms with Gasteiger partial charge in [0.05, 0.1) is 6.10 Å². The Kier molecular flexibility index (Phi) is 4.96. The molecule has 3 heteroatoms. The number of nitrogens with zero attached hydrogens (tertiary/aromatic N) is 2. The van der Waals surface area contributed by atoms with Crippen molar-refractivity contribution in [2.75, 3.05) is 0 Å². The van der Waals surface area contributed by atoms with Crippen molar-refractivity contribution in [3.05, 3.63) is 41.5 Å². The predicted octanol–water partition coefficient (Wildman–Crippen LogP) is 6.21. The van der Waals surface area contributed by atoms with E-state index in [0.717, 1.165) is 37.5 Å². The number of fused-ring (bicyclic) bond motifs is 5. The maximum atomic E-state index is 10.4. The number of aliphatic hydroxyl groups excluding tert-OH is 1. The molecule has 2 fully saturated rings. The molecular formula is C27H38N2O. The van der Waals surface area contributed by atoms with E-state index in [9.17, 15) is 5.11 Å². The minimum absolute atomic E-state index is 0.128. The van der Waals surface area contributed by atoms with Crippen LogP contribution in [0.5, 0.6) is 0 Å². The molecule has 2 unspecified atom stereocenters. The molecule has 30 heavy (non-hydrogen) atoms. The zero-order chi connectivity index (χ0) is 21.1. The lowest BCUT2D eigenvalue weighted by Crippen LogP contribution is -2.52. The fourth-order valence-corrected chi connectivity index (χ4v) is 8.26. The van der Waals surface area contributed by atoms with Crippen LogP contribution in [0, 0.1) is 34.5 Å². The molecule has 7 atom stereocenters. The molecule has 2 saturated carbocycles. The summed E-state index contributed by atoms with van der Waals surface area (Å²) < 4.78 is 0. The van der Waals surface area contributed by atoms with Crippen LogP contribution >= 0.6 is 0 Å². The van der Waals surface area contributed by atoms with E-state index in [1.807, 2.05) is 12.4 Å². The lowest BCUT2D eigenvalue weighted by molar-refractivity contribution is -0.0468. The van der Waals surface area contributed by atoms with Gasteiger partial charge in [-0.3, -0.25) is 0 Å². The van der Waals surface area contributed by atoms with Crippen LogP contribution in [-0.2, 0) is 0 Å². The van der Waals surface area contributed by atoms with Crippen molar-refractivity contribution in [1.29, 1.82) is 0 Å². The maximum Gasteiger partial charge on any atom is 0.115 e. The van der Waals surface area contributed by atoms with Gasteiger partial charge >= 0.3 is 0 Å². The Morgan fingerprint density at radius 1 is 1.00 bits per heavy atom. The van der Waals surface area contributed by atoms with Crippen molar-refractivity contribution in [3.8, 4) is 0 Å². The zero-order valence-corrected chi connectivity index (χ0v) is 19.2. The van der Waals surface area contributed by atoms with Crippen molar-refractivity contribution in [3.63, 3.8) is 0 Å². The van der Waals surface area contributed by atoms with E-state index < -0.39 is 0 Å². The van der Waals surface area contributed by atoms with E-state index in [0.29, 0.717) is 17.3 Å². The first kappa shape index (κ1) is 20.4. The van der Waals surface area contributed by atoms with Crippen LogP contribution in [0.4, 0.5) is 0 Å². The number of aromatic nitrogens is 2. The van der Waals surface area contributed by atoms with Crippen LogP contribution in [0.3, 0.4) is 0 Å². The highest BCUT2D eigenvalue weighted by molar-refractivity contribution is 5.75. The summed E-state index contributed by atoms with van der Waals surface area (Å²) in [7, 11) is 0. The lowest BCUT2D eigenvalue weighted by Gasteiger charge is -2.60. The molecule has 1 aromatic rings. The van der Waals surface area contributed by atoms with Gasteiger partial charge in [0.2, 0.25) is 0 Å². The molecule has 1 heterocycles. The van der Waals surface area contributed by atoms with Crippen LogP contribution in [0.25, 0.3) is 5.57 Å². The van der Waals surface area contributed by atoms with Gasteiger partial charge < -0.3 is 5.11 Å². The number of hydrogen-bond donors (Lipinski definition) is 1. The molecule has 0 radical (unpaired) electrons. The zero-order valence-electron chi connectivity index (χ0n) is 19.2. The van der Waals surface area contributed by atoms with Crippen molar-refractivity contribution >= 4 is 5.57 Å². The third-order valence-corrected chi connectivity index (χ3v) is 9.77. The first-order valence-corrected chi connectivity index (χ1v) is 12.3. The van der Waals surface area contributed by atoms with Gasteiger partial charge in [-0.1, -0.05) is 44.9 Å². The summed E-state index contributed by atoms with van der Waals surface area (Å²) in [5.74, 6) is 2.88. The Hall–Kier alpha value is -1.48. The molecule has 1 aromatic heterocycles. The highest BCUT2D eigenvalue weighted by atomic mass is 16.3. The average molecular weight is 407 g/mol. The molecule has 5 rings (SSSR count). The summed E-state index contributed by atoms with van der Waals surface area (Å²) in [6.07, 6.45) is 17.5. The maximum absolute atomic E-state index is 10.4. The summed E-state index contributed by atoms with van der Waals surface area (Å²) in [5, 5.41) is 10.4. The van der Waals surface area contributed by atoms with Crippen molar-refractivity contribution in [2.45, 2.75) is 85.2 Å². The molecule has 0 amide bonds. The van der Waals surface area contributed by atoms with Crippen LogP contribution in [-0.4, -0.2) is 21.2 Å². The smallest absolute Gasteiger partial charge is 0.115 e. The van der Waals surface area contributed by atoms with Crippen LogP contribution < -0.4 is 0 Å². The fourth-order valence-electron chi connectivity index (χ4n) is 8.26. The third kappa shape index (κ3) is 2.80. The van der Waals surface area contributed by atoms with E-state index in [1.165, 1.54) is 31.2 Å². The first-order valence-electron chi connectivity index (χ1n) is 12.3. The van der Waals surface area contributed by atoms with Crippen LogP contribution in [0.2, 0.25) is 0 Å². The number of rotatable bonds is 3. The summed E-state index contributed by atoms with van der Waals surface area (Å²) in [6, 6.07) is 0. The van der Waals surface area contributed by atoms with Gasteiger partial charge in [-0.25, -0.2) is 9.97 Å². The molecule has 1 N–H and O–H groups in total. The summed E-state index contributed by atoms with van der Waals surface area (Å²) in [5.41, 5.74) is 6.58. The topological polar surface area (TPSA) is 46.0 Å². The average Bonchev–Trinajstić information content (AvgIpc) is 3.06. The molecule has 0 aromatic carbocycles. The highest BCUT2D eigenvalue weighted by Crippen LogP contribution is 2.69. The van der Waals surface area contributed by atoms with Gasteiger partial charge in [0.25, 0.3) is 0 Å². The second-order valence-electron chi connectivity index (χ2n) is 11.0. The van der Waals surface area contributed by atoms with Crippen LogP contribution in [0.1, 0.15) is 84.6 Å². The molecule has 0 bridgehead atoms. The van der Waals surface area contributed by atoms with Crippen LogP contribution in [0.15, 0.2) is 35.9 Å². The largest absolute Gasteiger partial charge is 0.393 e. The standard InChI is InChI=1S/C27H38N2O/c1-5-17-11-20-13-21(30)7-9-26(20,3)22-8-10-27(4)23(24(17)22)12-18(6-2)25(27)19-14-28-16-29-15-19/h11,14-17,21-24,30H,5-10,12-13H2,1-4H3/t17?,21?,22-,23+,24-,26+,27+/m1/s1. The Labute approximate surface area is 182 Å². The monoisotopic (exact) mass is 406 g/mol. The molecule has 0 saturated heterocycles. The Morgan fingerprint density at radius 3 is 2.43 bits per heavy atom. The summed E-state index contributed by atoms with van der Waals surface area (Å²) in [6.45, 7) is 9.79. The number of allylic oxidation sites excluding steroid dienone is 3. The normalized spacial score (nSPS) is 43.0. The third-order valence-electron chi connectivity index (χ3n) is 9.77. The molecule has 162 valence electrons. The Morgan fingerprint density at radius 2 is 1.73 bits per heavy atom. The Bertz CT molecular complexity index is 874. The van der Waals surface area contributed by atoms with Gasteiger partial charge in [0.1, 0.15) is 6.33 Å². The number of aliphatic hydroxyl groups is 1. The SMILES string of the molecule is CCC1=C(c2cncnc2)[C@@]2(C)CC[C@@H]3[C@@H](C(CC)C=C4CC(O)CC[C@@]43C)[C@@H]2C1. The van der Waals surface area contributed by atoms with Gasteiger partial charge in [0, 0.05) is 18.0 Å². The molecule has 3 nitrogen and oxygen atoms in total. The highest BCUT2D eigenvalue weighted by Gasteiger charge is 2.59. The first-order chi connectivity index (χ1) is 14.4. The second-order valence-corrected chi connectivity index (χ2v) is 11.0. The number of hydrogen-bond acceptors (Lipinski definition) is 3. The molecule has 0 spiro atoms. The van der Waals surface area contributed by atoms with E-state index in [4.69, 9.17) is 0 Å². The van der Waals surface area contributed by atoms with E-state index in [1.54, 1.807) is 23.0 Å². The van der Waals surface area contributed by atoms with Crippen molar-refractivity contribution in [1.82, 2.24) is 9.97 Å². The van der Waals surface area contributed by atoms with E-state index in [2.05, 4.69) is 43.7 Å². The predicted molar refractivity (Wildman–Crippen MR) is 121 cm³/mol. The van der Waals surface area contributed by atoms with Gasteiger partial charge in [-0.05, 0) is 91.4 Å². The second kappa shape index (κ2) is 7.29. The van der Waals surface area contributed by atoms with E-state index in [-0.39, 0.29) is 11.5 Å². The Balaban J connectivity index is 1.58. The van der Waals surface area contributed by atoms with Gasteiger partial charge in [-0.15, -0.1) is 0 Å². The van der Waals surface area contributed by atoms with Crippen molar-refractivity contribution < 1.29 is 5.11 Å². The molecule has 0 aliphatic heterocycles. The summed E-state index contributed by atoms with van der Waals surface area (Å²) >= 11 is 0. The quantitative estimate of drug-likeness (QED) is 0.607. The fraction of sp³-hybridized carbons (Fsp3) is 0.704. The lowest BCUT2D eigenvalue weighted by atomic mass is 9.45. The molecule has 4 aliphatic rings. The minimum Gasteiger partial charge on any atom is -0.393 e. The summed E-state index contributed by atoms with van der Waals surface area (Å²) in [4.78, 5) is 8.75.